The number of hydrogen-bond acceptors (Lipinski definition) is 5. The molecule has 0 amide bonds. The zero-order valence-electron chi connectivity index (χ0n) is 20.9. The molecule has 1 fully saturated rings. The Hall–Kier alpha value is -4.48. The number of nitrogens with zero attached hydrogens (tertiary/aromatic N) is 5. The van der Waals surface area contributed by atoms with Crippen LogP contribution in [0.15, 0.2) is 78.0 Å². The molecule has 3 aromatic heterocycles. The molecule has 1 aliphatic heterocycles. The highest BCUT2D eigenvalue weighted by atomic mass is 19.1. The van der Waals surface area contributed by atoms with E-state index in [9.17, 15) is 10.1 Å². The summed E-state index contributed by atoms with van der Waals surface area (Å²) in [5.41, 5.74) is 4.45. The lowest BCUT2D eigenvalue weighted by molar-refractivity contribution is 0.254. The fraction of sp³-hybridized carbons (Fsp3) is 0.233. The summed E-state index contributed by atoms with van der Waals surface area (Å²) in [6, 6.07) is 18.2. The molecule has 1 aliphatic rings. The summed E-state index contributed by atoms with van der Waals surface area (Å²) in [5, 5.41) is 10.8. The SMILES string of the molecule is N#Cc1ccc2[nH]cc(CCCN3CCN(c4ccc(-n5ccc6ncccc6c5=O)cc4F)CC3)c2c1. The van der Waals surface area contributed by atoms with Gasteiger partial charge in [0.15, 0.2) is 0 Å². The summed E-state index contributed by atoms with van der Waals surface area (Å²) >= 11 is 0. The van der Waals surface area contributed by atoms with E-state index in [1.54, 1.807) is 42.7 Å². The first-order valence-electron chi connectivity index (χ1n) is 12.8. The van der Waals surface area contributed by atoms with Crippen molar-refractivity contribution in [1.82, 2.24) is 19.4 Å². The number of hydrogen-bond donors (Lipinski definition) is 1. The fourth-order valence-corrected chi connectivity index (χ4v) is 5.34. The van der Waals surface area contributed by atoms with Gasteiger partial charge < -0.3 is 9.88 Å². The second kappa shape index (κ2) is 10.1. The van der Waals surface area contributed by atoms with Gasteiger partial charge in [-0.3, -0.25) is 19.2 Å². The third kappa shape index (κ3) is 4.53. The Morgan fingerprint density at radius 1 is 1.03 bits per heavy atom. The number of nitriles is 1. The highest BCUT2D eigenvalue weighted by Gasteiger charge is 2.20. The number of rotatable bonds is 6. The average molecular weight is 507 g/mol. The maximum absolute atomic E-state index is 15.2. The zero-order chi connectivity index (χ0) is 26.1. The molecule has 0 unspecified atom stereocenters. The highest BCUT2D eigenvalue weighted by molar-refractivity contribution is 5.84. The molecule has 7 nitrogen and oxygen atoms in total. The number of aryl methyl sites for hydroxylation is 1. The van der Waals surface area contributed by atoms with Crippen LogP contribution in [0.3, 0.4) is 0 Å². The van der Waals surface area contributed by atoms with Crippen LogP contribution in [0.4, 0.5) is 10.1 Å². The Morgan fingerprint density at radius 3 is 2.71 bits per heavy atom. The molecule has 6 rings (SSSR count). The van der Waals surface area contributed by atoms with Gasteiger partial charge in [-0.2, -0.15) is 5.26 Å². The van der Waals surface area contributed by atoms with E-state index >= 15 is 4.39 Å². The predicted octanol–water partition coefficient (Wildman–Crippen LogP) is 4.63. The number of benzene rings is 2. The molecule has 190 valence electrons. The third-order valence-corrected chi connectivity index (χ3v) is 7.41. The lowest BCUT2D eigenvalue weighted by atomic mass is 10.1. The number of aromatic nitrogens is 3. The maximum atomic E-state index is 15.2. The molecule has 38 heavy (non-hydrogen) atoms. The topological polar surface area (TPSA) is 81.0 Å². The highest BCUT2D eigenvalue weighted by Crippen LogP contribution is 2.24. The van der Waals surface area contributed by atoms with Crippen LogP contribution in [-0.2, 0) is 6.42 Å². The van der Waals surface area contributed by atoms with Gasteiger partial charge in [0.1, 0.15) is 5.82 Å². The van der Waals surface area contributed by atoms with E-state index < -0.39 is 0 Å². The first kappa shape index (κ1) is 23.9. The Bertz CT molecular complexity index is 1720. The number of anilines is 1. The summed E-state index contributed by atoms with van der Waals surface area (Å²) < 4.78 is 16.7. The normalized spacial score (nSPS) is 14.3. The number of nitrogens with one attached hydrogen (secondary N) is 1. The largest absolute Gasteiger partial charge is 0.367 e. The van der Waals surface area contributed by atoms with Crippen LogP contribution in [0.25, 0.3) is 27.5 Å². The van der Waals surface area contributed by atoms with E-state index in [1.807, 2.05) is 24.4 Å². The van der Waals surface area contributed by atoms with E-state index in [0.29, 0.717) is 27.8 Å². The third-order valence-electron chi connectivity index (χ3n) is 7.41. The Kier molecular flexibility index (Phi) is 6.36. The molecule has 0 atom stereocenters. The summed E-state index contributed by atoms with van der Waals surface area (Å²) in [5.74, 6) is -0.329. The van der Waals surface area contributed by atoms with Crippen LogP contribution in [0.5, 0.6) is 0 Å². The number of piperazine rings is 1. The monoisotopic (exact) mass is 506 g/mol. The molecule has 5 aromatic rings. The van der Waals surface area contributed by atoms with E-state index in [1.165, 1.54) is 16.2 Å². The summed E-state index contributed by atoms with van der Waals surface area (Å²) in [7, 11) is 0. The number of pyridine rings is 2. The van der Waals surface area contributed by atoms with E-state index in [4.69, 9.17) is 0 Å². The maximum Gasteiger partial charge on any atom is 0.264 e. The van der Waals surface area contributed by atoms with E-state index in [2.05, 4.69) is 25.8 Å². The molecule has 4 heterocycles. The van der Waals surface area contributed by atoms with Crippen molar-refractivity contribution in [2.45, 2.75) is 12.8 Å². The number of fused-ring (bicyclic) bond motifs is 2. The Labute approximate surface area is 219 Å². The van der Waals surface area contributed by atoms with Crippen molar-refractivity contribution in [3.05, 3.63) is 100 Å². The molecule has 0 bridgehead atoms. The average Bonchev–Trinajstić information content (AvgIpc) is 3.36. The van der Waals surface area contributed by atoms with Crippen molar-refractivity contribution in [2.24, 2.45) is 0 Å². The van der Waals surface area contributed by atoms with Gasteiger partial charge in [-0.1, -0.05) is 0 Å². The summed E-state index contributed by atoms with van der Waals surface area (Å²) in [6.07, 6.45) is 7.29. The lowest BCUT2D eigenvalue weighted by Gasteiger charge is -2.36. The quantitative estimate of drug-likeness (QED) is 0.363. The minimum Gasteiger partial charge on any atom is -0.367 e. The van der Waals surface area contributed by atoms with Gasteiger partial charge in [-0.15, -0.1) is 0 Å². The van der Waals surface area contributed by atoms with Crippen LogP contribution in [-0.4, -0.2) is 52.2 Å². The zero-order valence-corrected chi connectivity index (χ0v) is 20.9. The van der Waals surface area contributed by atoms with E-state index in [-0.39, 0.29) is 11.4 Å². The van der Waals surface area contributed by atoms with Gasteiger partial charge in [-0.05, 0) is 73.5 Å². The van der Waals surface area contributed by atoms with Gasteiger partial charge >= 0.3 is 0 Å². The van der Waals surface area contributed by atoms with Crippen LogP contribution >= 0.6 is 0 Å². The van der Waals surface area contributed by atoms with Crippen molar-refractivity contribution >= 4 is 27.5 Å². The van der Waals surface area contributed by atoms with E-state index in [0.717, 1.165) is 56.5 Å². The minimum atomic E-state index is -0.329. The van der Waals surface area contributed by atoms with Gasteiger partial charge in [-0.25, -0.2) is 4.39 Å². The minimum absolute atomic E-state index is 0.213. The standard InChI is InChI=1S/C30H27FN6O/c31-26-18-23(37-12-9-28-24(30(37)38)4-1-10-33-28)6-8-29(26)36-15-13-35(14-16-36)11-2-3-22-20-34-27-7-5-21(19-32)17-25(22)27/h1,4-10,12,17-18,20,34H,2-3,11,13-16H2. The van der Waals surface area contributed by atoms with Gasteiger partial charge in [0.05, 0.1) is 33.9 Å². The van der Waals surface area contributed by atoms with Gasteiger partial charge in [0.25, 0.3) is 5.56 Å². The Balaban J connectivity index is 1.07. The number of H-pyrrole nitrogens is 1. The van der Waals surface area contributed by atoms with Crippen molar-refractivity contribution in [1.29, 1.82) is 5.26 Å². The molecule has 1 N–H and O–H groups in total. The molecular formula is C30H27FN6O. The van der Waals surface area contributed by atoms with Crippen molar-refractivity contribution < 1.29 is 4.39 Å². The molecule has 0 saturated carbocycles. The molecule has 8 heteroatoms. The van der Waals surface area contributed by atoms with Crippen LogP contribution in [0, 0.1) is 17.1 Å². The molecule has 1 saturated heterocycles. The second-order valence-electron chi connectivity index (χ2n) is 9.68. The Morgan fingerprint density at radius 2 is 1.89 bits per heavy atom. The second-order valence-corrected chi connectivity index (χ2v) is 9.68. The van der Waals surface area contributed by atoms with Gasteiger partial charge in [0, 0.05) is 61.7 Å². The molecule has 0 spiro atoms. The predicted molar refractivity (Wildman–Crippen MR) is 147 cm³/mol. The van der Waals surface area contributed by atoms with Crippen LogP contribution in [0.2, 0.25) is 0 Å². The van der Waals surface area contributed by atoms with Crippen LogP contribution < -0.4 is 10.5 Å². The molecular weight excluding hydrogens is 479 g/mol. The van der Waals surface area contributed by atoms with Crippen molar-refractivity contribution in [3.8, 4) is 11.8 Å². The fourth-order valence-electron chi connectivity index (χ4n) is 5.34. The van der Waals surface area contributed by atoms with Gasteiger partial charge in [0.2, 0.25) is 0 Å². The van der Waals surface area contributed by atoms with Crippen molar-refractivity contribution in [3.63, 3.8) is 0 Å². The summed E-state index contributed by atoms with van der Waals surface area (Å²) in [6.45, 7) is 4.20. The smallest absolute Gasteiger partial charge is 0.264 e. The van der Waals surface area contributed by atoms with Crippen LogP contribution in [0.1, 0.15) is 17.5 Å². The molecule has 0 radical (unpaired) electrons. The molecule has 2 aromatic carbocycles. The first-order chi connectivity index (χ1) is 18.6. The summed E-state index contributed by atoms with van der Waals surface area (Å²) in [4.78, 5) is 24.9. The first-order valence-corrected chi connectivity index (χ1v) is 12.8. The molecule has 0 aliphatic carbocycles. The number of aromatic amines is 1. The lowest BCUT2D eigenvalue weighted by Crippen LogP contribution is -2.47. The number of halogens is 1. The van der Waals surface area contributed by atoms with Crippen molar-refractivity contribution in [2.75, 3.05) is 37.6 Å².